The first-order chi connectivity index (χ1) is 10.5. The number of ether oxygens (including phenoxy) is 2. The van der Waals surface area contributed by atoms with Gasteiger partial charge in [0.15, 0.2) is 6.23 Å². The summed E-state index contributed by atoms with van der Waals surface area (Å²) < 4.78 is 10.4. The number of thioether (sulfide) groups is 1. The second kappa shape index (κ2) is 5.31. The van der Waals surface area contributed by atoms with Crippen molar-refractivity contribution in [1.82, 2.24) is 25.5 Å². The zero-order valence-electron chi connectivity index (χ0n) is 11.3. The van der Waals surface area contributed by atoms with Gasteiger partial charge in [-0.3, -0.25) is 15.4 Å². The van der Waals surface area contributed by atoms with Crippen molar-refractivity contribution in [2.75, 3.05) is 19.5 Å². The van der Waals surface area contributed by atoms with E-state index in [1.807, 2.05) is 0 Å². The molecule has 2 atom stereocenters. The second-order valence-corrected chi connectivity index (χ2v) is 5.52. The third kappa shape index (κ3) is 2.08. The van der Waals surface area contributed by atoms with Crippen LogP contribution in [0.2, 0.25) is 0 Å². The Morgan fingerprint density at radius 3 is 3.09 bits per heavy atom. The third-order valence-corrected chi connectivity index (χ3v) is 4.31. The van der Waals surface area contributed by atoms with E-state index in [0.717, 1.165) is 4.90 Å². The molecular weight excluding hydrogens is 316 g/mol. The van der Waals surface area contributed by atoms with E-state index >= 15 is 0 Å². The average molecular weight is 328 g/mol. The maximum atomic E-state index is 12.1. The van der Waals surface area contributed by atoms with E-state index < -0.39 is 23.8 Å². The largest absolute Gasteiger partial charge is 0.477 e. The van der Waals surface area contributed by atoms with Gasteiger partial charge in [0.25, 0.3) is 5.91 Å². The number of methoxy groups -OCH3 is 1. The van der Waals surface area contributed by atoms with Crippen LogP contribution < -0.4 is 5.73 Å². The summed E-state index contributed by atoms with van der Waals surface area (Å²) in [5, 5.41) is 23.0. The number of hydrogen-bond donors (Lipinski definition) is 3. The molecule has 118 valence electrons. The maximum Gasteiger partial charge on any atom is 0.352 e. The monoisotopic (exact) mass is 328 g/mol. The molecule has 4 N–H and O–H groups in total. The second-order valence-electron chi connectivity index (χ2n) is 4.58. The molecule has 22 heavy (non-hydrogen) atoms. The smallest absolute Gasteiger partial charge is 0.352 e. The van der Waals surface area contributed by atoms with E-state index in [1.54, 1.807) is 0 Å². The van der Waals surface area contributed by atoms with Gasteiger partial charge in [0.05, 0.1) is 6.61 Å². The molecule has 1 saturated heterocycles. The Morgan fingerprint density at radius 1 is 1.73 bits per heavy atom. The van der Waals surface area contributed by atoms with E-state index in [4.69, 9.17) is 15.2 Å². The summed E-state index contributed by atoms with van der Waals surface area (Å²) in [6, 6.07) is 0. The van der Waals surface area contributed by atoms with Crippen molar-refractivity contribution in [3.05, 3.63) is 11.3 Å². The van der Waals surface area contributed by atoms with E-state index in [1.165, 1.54) is 18.9 Å². The summed E-state index contributed by atoms with van der Waals surface area (Å²) >= 11 is 1.17. The summed E-state index contributed by atoms with van der Waals surface area (Å²) in [6.07, 6.45) is -0.949. The molecule has 0 bridgehead atoms. The number of nitrogens with zero attached hydrogens (tertiary/aromatic N) is 4. The van der Waals surface area contributed by atoms with E-state index in [9.17, 15) is 14.7 Å². The van der Waals surface area contributed by atoms with Crippen molar-refractivity contribution in [1.29, 1.82) is 0 Å². The number of carboxylic acid groups (broad SMARTS) is 1. The minimum absolute atomic E-state index is 0.0171. The SMILES string of the molecule is CO[C@@]1(N)C(=O)N2C(C(=O)O)=C(CSc3nn[nH]n3)CO[C@@H]21. The Labute approximate surface area is 127 Å². The van der Waals surface area contributed by atoms with E-state index in [0.29, 0.717) is 10.7 Å². The van der Waals surface area contributed by atoms with Gasteiger partial charge in [0.2, 0.25) is 10.9 Å². The molecule has 12 heteroatoms. The highest BCUT2D eigenvalue weighted by Crippen LogP contribution is 2.39. The summed E-state index contributed by atoms with van der Waals surface area (Å²) in [5.41, 5.74) is 4.40. The van der Waals surface area contributed by atoms with Gasteiger partial charge in [0.1, 0.15) is 5.70 Å². The highest BCUT2D eigenvalue weighted by atomic mass is 32.2. The van der Waals surface area contributed by atoms with E-state index in [-0.39, 0.29) is 18.1 Å². The maximum absolute atomic E-state index is 12.1. The quantitative estimate of drug-likeness (QED) is 0.318. The zero-order valence-corrected chi connectivity index (χ0v) is 12.2. The number of aromatic nitrogens is 4. The number of hydrogen-bond acceptors (Lipinski definition) is 9. The summed E-state index contributed by atoms with van der Waals surface area (Å²) in [5.74, 6) is -1.65. The Balaban J connectivity index is 1.85. The number of carbonyl (C=O) groups is 2. The number of H-pyrrole nitrogens is 1. The van der Waals surface area contributed by atoms with Gasteiger partial charge in [-0.15, -0.1) is 10.2 Å². The molecule has 1 aromatic heterocycles. The number of rotatable bonds is 5. The van der Waals surface area contributed by atoms with Gasteiger partial charge in [-0.05, 0) is 10.8 Å². The third-order valence-electron chi connectivity index (χ3n) is 3.39. The van der Waals surface area contributed by atoms with Crippen LogP contribution in [0.5, 0.6) is 0 Å². The fraction of sp³-hybridized carbons (Fsp3) is 0.500. The topological polar surface area (TPSA) is 157 Å². The van der Waals surface area contributed by atoms with Crippen molar-refractivity contribution >= 4 is 23.6 Å². The van der Waals surface area contributed by atoms with Crippen molar-refractivity contribution < 1.29 is 24.2 Å². The van der Waals surface area contributed by atoms with Gasteiger partial charge in [-0.2, -0.15) is 5.21 Å². The van der Waals surface area contributed by atoms with Gasteiger partial charge in [-0.25, -0.2) is 4.79 Å². The van der Waals surface area contributed by atoms with Crippen LogP contribution >= 0.6 is 11.8 Å². The molecule has 3 heterocycles. The van der Waals surface area contributed by atoms with Crippen LogP contribution in [0.4, 0.5) is 0 Å². The molecule has 0 spiro atoms. The van der Waals surface area contributed by atoms with Crippen LogP contribution in [0, 0.1) is 0 Å². The average Bonchev–Trinajstić information content (AvgIpc) is 3.03. The molecule has 0 aliphatic carbocycles. The lowest BCUT2D eigenvalue weighted by atomic mass is 9.96. The van der Waals surface area contributed by atoms with Gasteiger partial charge in [-0.1, -0.05) is 11.8 Å². The van der Waals surface area contributed by atoms with Crippen molar-refractivity contribution in [3.8, 4) is 0 Å². The number of aliphatic carboxylic acids is 1. The molecule has 2 aliphatic rings. The van der Waals surface area contributed by atoms with Crippen molar-refractivity contribution in [2.24, 2.45) is 5.73 Å². The lowest BCUT2D eigenvalue weighted by Gasteiger charge is -2.53. The van der Waals surface area contributed by atoms with Crippen LogP contribution in [-0.4, -0.2) is 73.9 Å². The first kappa shape index (κ1) is 14.9. The molecule has 0 saturated carbocycles. The number of β-lactam (4-membered cyclic amide) rings is 1. The Hall–Kier alpha value is -2.02. The van der Waals surface area contributed by atoms with Gasteiger partial charge < -0.3 is 14.6 Å². The normalized spacial score (nSPS) is 27.6. The molecule has 2 aliphatic heterocycles. The molecule has 0 aromatic carbocycles. The molecule has 3 rings (SSSR count). The molecule has 1 fully saturated rings. The highest BCUT2D eigenvalue weighted by Gasteiger charge is 2.64. The molecule has 1 aromatic rings. The Bertz CT molecular complexity index is 648. The van der Waals surface area contributed by atoms with Crippen LogP contribution in [-0.2, 0) is 19.1 Å². The standard InChI is InChI=1S/C10H12N6O5S/c1-20-10(11)7(19)16-5(6(17)18)4(2-21-8(10)16)3-22-9-12-14-15-13-9/h8H,2-3,11H2,1H3,(H,17,18)(H,12,13,14,15)/t8-,10+/m1/s1. The number of nitrogens with two attached hydrogens (primary N) is 1. The fourth-order valence-electron chi connectivity index (χ4n) is 2.28. The molecule has 1 amide bonds. The molecular formula is C10H12N6O5S. The molecule has 11 nitrogen and oxygen atoms in total. The predicted molar refractivity (Wildman–Crippen MR) is 70.1 cm³/mol. The summed E-state index contributed by atoms with van der Waals surface area (Å²) in [4.78, 5) is 24.6. The highest BCUT2D eigenvalue weighted by molar-refractivity contribution is 7.99. The molecule has 0 unspecified atom stereocenters. The van der Waals surface area contributed by atoms with E-state index in [2.05, 4.69) is 20.6 Å². The number of aromatic amines is 1. The van der Waals surface area contributed by atoms with Crippen LogP contribution in [0.3, 0.4) is 0 Å². The lowest BCUT2D eigenvalue weighted by Crippen LogP contribution is -2.80. The fourth-order valence-corrected chi connectivity index (χ4v) is 3.01. The number of nitrogens with one attached hydrogen (secondary N) is 1. The van der Waals surface area contributed by atoms with Gasteiger partial charge in [0, 0.05) is 12.9 Å². The number of carboxylic acids is 1. The lowest BCUT2D eigenvalue weighted by molar-refractivity contribution is -0.248. The van der Waals surface area contributed by atoms with Crippen LogP contribution in [0.1, 0.15) is 0 Å². The first-order valence-electron chi connectivity index (χ1n) is 6.10. The van der Waals surface area contributed by atoms with Gasteiger partial charge >= 0.3 is 5.97 Å². The van der Waals surface area contributed by atoms with Crippen LogP contribution in [0.15, 0.2) is 16.4 Å². The number of carbonyl (C=O) groups excluding carboxylic acids is 1. The number of fused-ring (bicyclic) bond motifs is 1. The molecule has 0 radical (unpaired) electrons. The minimum Gasteiger partial charge on any atom is -0.477 e. The number of tetrazole rings is 1. The van der Waals surface area contributed by atoms with Crippen molar-refractivity contribution in [3.63, 3.8) is 0 Å². The summed E-state index contributed by atoms with van der Waals surface area (Å²) in [6.45, 7) is 0.0171. The Morgan fingerprint density at radius 2 is 2.50 bits per heavy atom. The zero-order chi connectivity index (χ0) is 15.9. The number of amides is 1. The van der Waals surface area contributed by atoms with Crippen LogP contribution in [0.25, 0.3) is 0 Å². The minimum atomic E-state index is -1.65. The first-order valence-corrected chi connectivity index (χ1v) is 7.08. The van der Waals surface area contributed by atoms with Crippen molar-refractivity contribution in [2.45, 2.75) is 17.1 Å². The predicted octanol–water partition coefficient (Wildman–Crippen LogP) is -1.87. The summed E-state index contributed by atoms with van der Waals surface area (Å²) in [7, 11) is 1.27. The Kier molecular flexibility index (Phi) is 3.60.